The lowest BCUT2D eigenvalue weighted by Crippen LogP contribution is -2.61. The van der Waals surface area contributed by atoms with Gasteiger partial charge >= 0.3 is 5.97 Å². The summed E-state index contributed by atoms with van der Waals surface area (Å²) < 4.78 is 0. The second-order valence-electron chi connectivity index (χ2n) is 16.0. The van der Waals surface area contributed by atoms with Crippen molar-refractivity contribution < 1.29 is 68.1 Å². The van der Waals surface area contributed by atoms with E-state index in [1.165, 1.54) is 13.8 Å². The van der Waals surface area contributed by atoms with Crippen LogP contribution in [0.4, 0.5) is 0 Å². The van der Waals surface area contributed by atoms with Crippen molar-refractivity contribution in [3.63, 3.8) is 0 Å². The van der Waals surface area contributed by atoms with Gasteiger partial charge in [-0.1, -0.05) is 60.7 Å². The fourth-order valence-corrected chi connectivity index (χ4v) is 7.00. The second kappa shape index (κ2) is 30.7. The van der Waals surface area contributed by atoms with Crippen LogP contribution in [-0.2, 0) is 65.6 Å². The molecule has 0 spiro atoms. The summed E-state index contributed by atoms with van der Waals surface area (Å²) in [6.07, 6.45) is -0.984. The first kappa shape index (κ1) is 59.4. The maximum Gasteiger partial charge on any atom is 0.327 e. The zero-order chi connectivity index (χ0) is 52.5. The van der Waals surface area contributed by atoms with Crippen molar-refractivity contribution in [1.82, 2.24) is 47.9 Å². The van der Waals surface area contributed by atoms with E-state index in [0.29, 0.717) is 18.5 Å². The van der Waals surface area contributed by atoms with E-state index in [1.807, 2.05) is 0 Å². The largest absolute Gasteiger partial charge is 0.481 e. The number of aliphatic carboxylic acids is 2. The minimum Gasteiger partial charge on any atom is -0.481 e. The molecule has 1 aliphatic heterocycles. The molecule has 1 aliphatic rings. The molecule has 3 rings (SSSR count). The van der Waals surface area contributed by atoms with Gasteiger partial charge in [-0.15, -0.1) is 0 Å². The molecule has 9 unspecified atom stereocenters. The number of nitrogens with two attached hydrogens (primary N) is 1. The molecule has 1 fully saturated rings. The number of hydrogen-bond donors (Lipinski definition) is 15. The predicted octanol–water partition coefficient (Wildman–Crippen LogP) is -3.96. The quantitative estimate of drug-likeness (QED) is 0.0400. The van der Waals surface area contributed by atoms with E-state index in [1.54, 1.807) is 60.7 Å². The van der Waals surface area contributed by atoms with Gasteiger partial charge in [0.25, 0.3) is 5.97 Å². The summed E-state index contributed by atoms with van der Waals surface area (Å²) >= 11 is 8.06. The molecule has 14 N–H and O–H groups in total. The van der Waals surface area contributed by atoms with E-state index in [-0.39, 0.29) is 24.3 Å². The first-order valence-corrected chi connectivity index (χ1v) is 23.1. The molecule has 384 valence electrons. The van der Waals surface area contributed by atoms with Gasteiger partial charge in [0.2, 0.25) is 53.2 Å². The van der Waals surface area contributed by atoms with E-state index >= 15 is 0 Å². The highest BCUT2D eigenvalue weighted by molar-refractivity contribution is 7.80. The number of rotatable bonds is 26. The lowest BCUT2D eigenvalue weighted by atomic mass is 10.0. The topological polar surface area (TPSA) is 383 Å². The van der Waals surface area contributed by atoms with Crippen molar-refractivity contribution in [2.45, 2.75) is 107 Å². The third-order valence-electron chi connectivity index (χ3n) is 10.1. The number of benzene rings is 2. The Morgan fingerprint density at radius 3 is 1.59 bits per heavy atom. The number of nitrogens with one attached hydrogen (secondary N) is 9. The molecule has 9 amide bonds. The smallest absolute Gasteiger partial charge is 0.327 e. The molecule has 26 heteroatoms. The molecule has 0 saturated carbocycles. The van der Waals surface area contributed by atoms with Crippen LogP contribution in [0.15, 0.2) is 60.7 Å². The van der Waals surface area contributed by atoms with Crippen molar-refractivity contribution in [3.8, 4) is 0 Å². The first-order valence-electron chi connectivity index (χ1n) is 21.9. The maximum absolute atomic E-state index is 13.7. The van der Waals surface area contributed by atoms with Gasteiger partial charge in [0.1, 0.15) is 42.3 Å². The van der Waals surface area contributed by atoms with Crippen molar-refractivity contribution in [1.29, 1.82) is 0 Å². The van der Waals surface area contributed by atoms with Crippen LogP contribution in [0, 0.1) is 0 Å². The predicted molar refractivity (Wildman–Crippen MR) is 258 cm³/mol. The third kappa shape index (κ3) is 21.7. The zero-order valence-corrected chi connectivity index (χ0v) is 40.4. The number of carboxylic acids is 2. The Labute approximate surface area is 414 Å². The highest BCUT2D eigenvalue weighted by Crippen LogP contribution is 2.10. The van der Waals surface area contributed by atoms with Gasteiger partial charge in [-0.2, -0.15) is 25.3 Å². The van der Waals surface area contributed by atoms with Crippen LogP contribution in [0.1, 0.15) is 51.2 Å². The molecule has 2 aromatic carbocycles. The van der Waals surface area contributed by atoms with Crippen molar-refractivity contribution in [3.05, 3.63) is 71.8 Å². The zero-order valence-electron chi connectivity index (χ0n) is 38.6. The van der Waals surface area contributed by atoms with Crippen LogP contribution < -0.4 is 53.6 Å². The highest BCUT2D eigenvalue weighted by Gasteiger charge is 2.35. The Morgan fingerprint density at radius 1 is 0.643 bits per heavy atom. The number of carbonyl (C=O) groups is 11. The molecule has 9 atom stereocenters. The molecule has 0 bridgehead atoms. The van der Waals surface area contributed by atoms with Gasteiger partial charge in [-0.3, -0.25) is 47.9 Å². The van der Waals surface area contributed by atoms with Gasteiger partial charge in [-0.05, 0) is 44.4 Å². The van der Waals surface area contributed by atoms with Crippen molar-refractivity contribution in [2.24, 2.45) is 5.73 Å². The van der Waals surface area contributed by atoms with Crippen LogP contribution >= 0.6 is 25.3 Å². The van der Waals surface area contributed by atoms with Gasteiger partial charge < -0.3 is 68.9 Å². The monoisotopic (exact) mass is 1020 g/mol. The van der Waals surface area contributed by atoms with Gasteiger partial charge in [0.05, 0.1) is 25.1 Å². The third-order valence-corrected chi connectivity index (χ3v) is 10.8. The van der Waals surface area contributed by atoms with Crippen LogP contribution in [0.25, 0.3) is 0 Å². The molecule has 0 radical (unpaired) electrons. The average Bonchev–Trinajstić information content (AvgIpc) is 3.86. The number of thiol groups is 2. The molecule has 70 heavy (non-hydrogen) atoms. The molecule has 1 heterocycles. The number of carbonyl (C=O) groups excluding carboxylic acids is 9. The van der Waals surface area contributed by atoms with Crippen LogP contribution in [0.3, 0.4) is 0 Å². The van der Waals surface area contributed by atoms with E-state index in [9.17, 15) is 53.1 Å². The van der Waals surface area contributed by atoms with Crippen molar-refractivity contribution in [2.75, 3.05) is 24.6 Å². The normalized spacial score (nSPS) is 16.2. The number of carboxylic acid groups (broad SMARTS) is 2. The molecular formula is C44H62N10O14S2. The van der Waals surface area contributed by atoms with E-state index < -0.39 is 133 Å². The number of hydrogen-bond acceptors (Lipinski definition) is 15. The lowest BCUT2D eigenvalue weighted by molar-refractivity contribution is -0.141. The number of amides is 9. The summed E-state index contributed by atoms with van der Waals surface area (Å²) in [5.41, 5.74) is 6.68. The summed E-state index contributed by atoms with van der Waals surface area (Å²) in [6.45, 7) is 3.43. The van der Waals surface area contributed by atoms with Crippen LogP contribution in [0.5, 0.6) is 0 Å². The van der Waals surface area contributed by atoms with Crippen molar-refractivity contribution >= 4 is 90.4 Å². The van der Waals surface area contributed by atoms with Gasteiger partial charge in [0.15, 0.2) is 0 Å². The Kier molecular flexibility index (Phi) is 26.0. The number of aliphatic hydroxyl groups excluding tert-OH is 1. The fraction of sp³-hybridized carbons (Fsp3) is 0.477. The second-order valence-corrected chi connectivity index (χ2v) is 16.7. The maximum atomic E-state index is 13.7. The SMILES string of the molecule is CC(=O)O.CC(NC(=O)C(CC(N)=O)NC(=O)C(CS)NC(=O)C(Cc1ccccc1)NC(=O)C1CCCN1)C(=O)NC(Cc1ccccc1)C(=O)NC(C(=O)NCC(=O)NC(CS)C(=O)O)C(C)O. The minimum absolute atomic E-state index is 0.0816. The van der Waals surface area contributed by atoms with Crippen LogP contribution in [-0.4, -0.2) is 159 Å². The molecule has 1 saturated heterocycles. The van der Waals surface area contributed by atoms with E-state index in [0.717, 1.165) is 18.9 Å². The Balaban J connectivity index is 0.00000403. The summed E-state index contributed by atoms with van der Waals surface area (Å²) in [4.78, 5) is 139. The average molecular weight is 1020 g/mol. The molecule has 0 aliphatic carbocycles. The highest BCUT2D eigenvalue weighted by atomic mass is 32.1. The lowest BCUT2D eigenvalue weighted by Gasteiger charge is -2.27. The standard InChI is InChI=1S/C42H58N10O12S2.C2H4O2/c1-22(35(56)48-28(17-25-12-7-4-8-13-25)39(60)52-34(23(2)53)41(62)45-19-33(55)47-31(21-66)42(63)64)46-37(58)29(18-32(43)54)50-40(61)30(20-65)51-38(59)27(16-24-10-5-3-6-11-24)49-36(57)26-14-9-15-44-26;1-2(3)4/h3-8,10-13,22-23,26-31,34,44,53,65-66H,9,14-21H2,1-2H3,(H2,43,54)(H,45,62)(H,46,58)(H,47,55)(H,48,56)(H,49,57)(H,50,61)(H,51,59)(H,52,60)(H,63,64);1H3,(H,3,4). The Hall–Kier alpha value is -6.77. The van der Waals surface area contributed by atoms with Gasteiger partial charge in [0, 0.05) is 31.3 Å². The Morgan fingerprint density at radius 2 is 1.11 bits per heavy atom. The van der Waals surface area contributed by atoms with Gasteiger partial charge in [-0.25, -0.2) is 4.79 Å². The summed E-state index contributed by atoms with van der Waals surface area (Å²) in [5, 5.41) is 49.3. The molecule has 24 nitrogen and oxygen atoms in total. The summed E-state index contributed by atoms with van der Waals surface area (Å²) in [5.74, 6) is -10.6. The fourth-order valence-electron chi connectivity index (χ4n) is 6.49. The van der Waals surface area contributed by atoms with Crippen LogP contribution in [0.2, 0.25) is 0 Å². The molecule has 2 aromatic rings. The number of primary amides is 1. The minimum atomic E-state index is -1.67. The summed E-state index contributed by atoms with van der Waals surface area (Å²) in [6, 6.07) is 6.66. The number of aliphatic hydroxyl groups is 1. The first-order chi connectivity index (χ1) is 33.1. The molecule has 0 aromatic heterocycles. The Bertz CT molecular complexity index is 2130. The summed E-state index contributed by atoms with van der Waals surface area (Å²) in [7, 11) is 0. The molecular weight excluding hydrogens is 957 g/mol. The van der Waals surface area contributed by atoms with E-state index in [4.69, 9.17) is 20.7 Å². The van der Waals surface area contributed by atoms with E-state index in [2.05, 4.69) is 73.1 Å².